The molecule has 0 bridgehead atoms. The molecule has 0 unspecified atom stereocenters. The minimum atomic E-state index is -3.70. The Balaban J connectivity index is 1.75. The first-order chi connectivity index (χ1) is 15.5. The minimum absolute atomic E-state index is 0.324. The van der Waals surface area contributed by atoms with Crippen molar-refractivity contribution < 1.29 is 13.2 Å². The van der Waals surface area contributed by atoms with Gasteiger partial charge in [0.1, 0.15) is 6.54 Å². The Morgan fingerprint density at radius 2 is 1.64 bits per heavy atom. The average Bonchev–Trinajstić information content (AvgIpc) is 2.98. The molecule has 0 atom stereocenters. The van der Waals surface area contributed by atoms with Crippen molar-refractivity contribution in [1.82, 2.24) is 9.99 Å². The van der Waals surface area contributed by atoms with Gasteiger partial charge >= 0.3 is 0 Å². The van der Waals surface area contributed by atoms with Crippen LogP contribution in [0.2, 0.25) is 15.1 Å². The lowest BCUT2D eigenvalue weighted by molar-refractivity contribution is -0.119. The quantitative estimate of drug-likeness (QED) is 0.348. The van der Waals surface area contributed by atoms with E-state index in [1.807, 2.05) is 24.5 Å². The molecule has 1 heterocycles. The summed E-state index contributed by atoms with van der Waals surface area (Å²) >= 11 is 18.1. The van der Waals surface area contributed by atoms with E-state index in [0.717, 1.165) is 33.2 Å². The van der Waals surface area contributed by atoms with Gasteiger partial charge in [0.25, 0.3) is 5.91 Å². The standard InChI is InChI=1S/C22H21Cl3N4O3S/c1-14-8-16(15(2)29(14)21-10-18(24)9-19(25)11-21)12-26-27-22(30)13-28(33(3,31)32)20-6-4-17(23)5-7-20/h4-12H,13H2,1-3H3,(H,27,30)/b26-12+. The Morgan fingerprint density at radius 3 is 2.21 bits per heavy atom. The van der Waals surface area contributed by atoms with E-state index in [-0.39, 0.29) is 0 Å². The van der Waals surface area contributed by atoms with Gasteiger partial charge in [-0.15, -0.1) is 0 Å². The molecule has 3 aromatic rings. The van der Waals surface area contributed by atoms with Gasteiger partial charge < -0.3 is 4.57 Å². The van der Waals surface area contributed by atoms with Gasteiger partial charge in [0.05, 0.1) is 18.2 Å². The number of hydrazone groups is 1. The third-order valence-corrected chi connectivity index (χ3v) is 6.60. The number of nitrogens with zero attached hydrogens (tertiary/aromatic N) is 3. The second-order valence-electron chi connectivity index (χ2n) is 7.33. The van der Waals surface area contributed by atoms with Crippen LogP contribution in [0.1, 0.15) is 17.0 Å². The SMILES string of the molecule is Cc1cc(/C=N/NC(=O)CN(c2ccc(Cl)cc2)S(C)(=O)=O)c(C)n1-c1cc(Cl)cc(Cl)c1. The summed E-state index contributed by atoms with van der Waals surface area (Å²) < 4.78 is 27.3. The molecule has 0 aliphatic heterocycles. The van der Waals surface area contributed by atoms with Crippen LogP contribution in [0.4, 0.5) is 5.69 Å². The number of sulfonamides is 1. The largest absolute Gasteiger partial charge is 0.318 e. The van der Waals surface area contributed by atoms with E-state index in [0.29, 0.717) is 20.8 Å². The number of rotatable bonds is 7. The second-order valence-corrected chi connectivity index (χ2v) is 10.5. The van der Waals surface area contributed by atoms with Gasteiger partial charge in [-0.3, -0.25) is 9.10 Å². The highest BCUT2D eigenvalue weighted by molar-refractivity contribution is 7.92. The van der Waals surface area contributed by atoms with Crippen LogP contribution in [0.3, 0.4) is 0 Å². The molecule has 33 heavy (non-hydrogen) atoms. The summed E-state index contributed by atoms with van der Waals surface area (Å²) in [6.07, 6.45) is 2.52. The number of hydrogen-bond acceptors (Lipinski definition) is 4. The molecule has 7 nitrogen and oxygen atoms in total. The number of nitrogens with one attached hydrogen (secondary N) is 1. The van der Waals surface area contributed by atoms with Crippen molar-refractivity contribution in [2.45, 2.75) is 13.8 Å². The lowest BCUT2D eigenvalue weighted by Gasteiger charge is -2.21. The number of hydrogen-bond donors (Lipinski definition) is 1. The summed E-state index contributed by atoms with van der Waals surface area (Å²) in [4.78, 5) is 12.4. The maximum absolute atomic E-state index is 12.4. The Morgan fingerprint density at radius 1 is 1.03 bits per heavy atom. The van der Waals surface area contributed by atoms with Crippen LogP contribution in [0.25, 0.3) is 5.69 Å². The number of carbonyl (C=O) groups is 1. The Kier molecular flexibility index (Phi) is 7.74. The highest BCUT2D eigenvalue weighted by atomic mass is 35.5. The van der Waals surface area contributed by atoms with Gasteiger partial charge in [0, 0.05) is 37.7 Å². The lowest BCUT2D eigenvalue weighted by Crippen LogP contribution is -2.39. The van der Waals surface area contributed by atoms with E-state index in [2.05, 4.69) is 10.5 Å². The number of amides is 1. The predicted octanol–water partition coefficient (Wildman–Crippen LogP) is 4.97. The van der Waals surface area contributed by atoms with Crippen molar-refractivity contribution in [3.05, 3.63) is 80.6 Å². The van der Waals surface area contributed by atoms with E-state index in [1.165, 1.54) is 18.3 Å². The van der Waals surface area contributed by atoms with E-state index < -0.39 is 22.5 Å². The van der Waals surface area contributed by atoms with Crippen LogP contribution >= 0.6 is 34.8 Å². The molecule has 0 saturated carbocycles. The lowest BCUT2D eigenvalue weighted by atomic mass is 10.2. The first-order valence-electron chi connectivity index (χ1n) is 9.66. The number of halogens is 3. The number of anilines is 1. The fraction of sp³-hybridized carbons (Fsp3) is 0.182. The smallest absolute Gasteiger partial charge is 0.260 e. The summed E-state index contributed by atoms with van der Waals surface area (Å²) in [5.74, 6) is -0.595. The van der Waals surface area contributed by atoms with Crippen molar-refractivity contribution in [2.75, 3.05) is 17.1 Å². The molecule has 174 valence electrons. The van der Waals surface area contributed by atoms with Gasteiger partial charge in [-0.25, -0.2) is 13.8 Å². The number of aryl methyl sites for hydroxylation is 1. The van der Waals surface area contributed by atoms with E-state index >= 15 is 0 Å². The topological polar surface area (TPSA) is 83.8 Å². The Labute approximate surface area is 207 Å². The van der Waals surface area contributed by atoms with Crippen LogP contribution in [0.15, 0.2) is 53.6 Å². The normalized spacial score (nSPS) is 11.7. The molecule has 0 saturated heterocycles. The Hall–Kier alpha value is -2.52. The molecule has 2 aromatic carbocycles. The molecule has 1 aromatic heterocycles. The average molecular weight is 528 g/mol. The van der Waals surface area contributed by atoms with Crippen molar-refractivity contribution in [1.29, 1.82) is 0 Å². The maximum Gasteiger partial charge on any atom is 0.260 e. The number of aromatic nitrogens is 1. The molecule has 0 fully saturated rings. The molecule has 1 N–H and O–H groups in total. The highest BCUT2D eigenvalue weighted by Crippen LogP contribution is 2.26. The molecule has 3 rings (SSSR count). The monoisotopic (exact) mass is 526 g/mol. The molecule has 11 heteroatoms. The van der Waals surface area contributed by atoms with Crippen LogP contribution in [-0.2, 0) is 14.8 Å². The van der Waals surface area contributed by atoms with Gasteiger partial charge in [-0.2, -0.15) is 5.10 Å². The molecule has 0 radical (unpaired) electrons. The number of carbonyl (C=O) groups excluding carboxylic acids is 1. The second kappa shape index (κ2) is 10.2. The van der Waals surface area contributed by atoms with Gasteiger partial charge in [-0.05, 0) is 62.4 Å². The van der Waals surface area contributed by atoms with E-state index in [4.69, 9.17) is 34.8 Å². The van der Waals surface area contributed by atoms with Gasteiger partial charge in [-0.1, -0.05) is 34.8 Å². The zero-order chi connectivity index (χ0) is 24.3. The van der Waals surface area contributed by atoms with Crippen LogP contribution < -0.4 is 9.73 Å². The first kappa shape index (κ1) is 25.1. The molecule has 0 aliphatic carbocycles. The van der Waals surface area contributed by atoms with E-state index in [9.17, 15) is 13.2 Å². The zero-order valence-corrected chi connectivity index (χ0v) is 21.1. The summed E-state index contributed by atoms with van der Waals surface area (Å²) in [5.41, 5.74) is 6.05. The fourth-order valence-electron chi connectivity index (χ4n) is 3.33. The fourth-order valence-corrected chi connectivity index (χ4v) is 4.83. The summed E-state index contributed by atoms with van der Waals surface area (Å²) in [5, 5.41) is 5.49. The van der Waals surface area contributed by atoms with Crippen LogP contribution in [0.5, 0.6) is 0 Å². The summed E-state index contributed by atoms with van der Waals surface area (Å²) in [6.45, 7) is 3.39. The predicted molar refractivity (Wildman–Crippen MR) is 135 cm³/mol. The summed E-state index contributed by atoms with van der Waals surface area (Å²) in [6, 6.07) is 13.3. The van der Waals surface area contributed by atoms with Crippen molar-refractivity contribution in [3.8, 4) is 5.69 Å². The molecular weight excluding hydrogens is 507 g/mol. The minimum Gasteiger partial charge on any atom is -0.318 e. The molecular formula is C22H21Cl3N4O3S. The van der Waals surface area contributed by atoms with Crippen LogP contribution in [0, 0.1) is 13.8 Å². The first-order valence-corrected chi connectivity index (χ1v) is 12.6. The van der Waals surface area contributed by atoms with E-state index in [1.54, 1.807) is 30.3 Å². The maximum atomic E-state index is 12.4. The van der Waals surface area contributed by atoms with Crippen LogP contribution in [-0.4, -0.2) is 37.9 Å². The van der Waals surface area contributed by atoms with Crippen molar-refractivity contribution in [3.63, 3.8) is 0 Å². The Bertz CT molecular complexity index is 1300. The van der Waals surface area contributed by atoms with Gasteiger partial charge in [0.2, 0.25) is 10.0 Å². The van der Waals surface area contributed by atoms with Gasteiger partial charge in [0.15, 0.2) is 0 Å². The highest BCUT2D eigenvalue weighted by Gasteiger charge is 2.20. The molecule has 0 aliphatic rings. The third kappa shape index (κ3) is 6.29. The third-order valence-electron chi connectivity index (χ3n) is 4.77. The number of benzene rings is 2. The molecule has 1 amide bonds. The molecule has 0 spiro atoms. The van der Waals surface area contributed by atoms with Crippen molar-refractivity contribution in [2.24, 2.45) is 5.10 Å². The van der Waals surface area contributed by atoms with Crippen molar-refractivity contribution >= 4 is 62.6 Å². The summed E-state index contributed by atoms with van der Waals surface area (Å²) in [7, 11) is -3.70. The zero-order valence-electron chi connectivity index (χ0n) is 18.0.